The molecular weight excluding hydrogens is 532 g/mol. The Morgan fingerprint density at radius 3 is 1.64 bits per heavy atom. The highest BCUT2D eigenvalue weighted by atomic mass is 16.7. The van der Waals surface area contributed by atoms with Crippen LogP contribution < -0.4 is 0 Å². The van der Waals surface area contributed by atoms with E-state index in [1.165, 1.54) is 11.1 Å². The maximum atomic E-state index is 12.2. The van der Waals surface area contributed by atoms with Gasteiger partial charge in [-0.15, -0.1) is 0 Å². The largest absolute Gasteiger partial charge is 0.455 e. The van der Waals surface area contributed by atoms with Crippen LogP contribution in [0.15, 0.2) is 57.6 Å². The number of carbonyl (C=O) groups is 2. The summed E-state index contributed by atoms with van der Waals surface area (Å²) in [6.07, 6.45) is 17.1. The van der Waals surface area contributed by atoms with Crippen LogP contribution in [0.3, 0.4) is 0 Å². The molecule has 0 aromatic carbocycles. The minimum absolute atomic E-state index is 0.00939. The van der Waals surface area contributed by atoms with Gasteiger partial charge in [-0.05, 0) is 89.2 Å². The minimum Gasteiger partial charge on any atom is -0.455 e. The van der Waals surface area contributed by atoms with Gasteiger partial charge >= 0.3 is 11.9 Å². The zero-order chi connectivity index (χ0) is 29.5. The van der Waals surface area contributed by atoms with Crippen molar-refractivity contribution in [1.82, 2.24) is 0 Å². The third-order valence-corrected chi connectivity index (χ3v) is 10.1. The number of esters is 2. The highest BCUT2D eigenvalue weighted by Crippen LogP contribution is 2.51. The van der Waals surface area contributed by atoms with Crippen LogP contribution >= 0.6 is 0 Å². The second-order valence-corrected chi connectivity index (χ2v) is 13.2. The Balaban J connectivity index is 0.954. The predicted octanol–water partition coefficient (Wildman–Crippen LogP) is 5.42. The molecule has 0 unspecified atom stereocenters. The van der Waals surface area contributed by atoms with Crippen LogP contribution in [0.25, 0.3) is 0 Å². The summed E-state index contributed by atoms with van der Waals surface area (Å²) in [4.78, 5) is 33.8. The standard InChI is InChI=1S/C34H44N2O6/c1-21-25-13-11-23(9-7-15-33(3)29(41-33)27(25)39-31(21)37)19-35-17-5-6-18-36-20-24-10-8-16-34(4)30(42-34)28-26(14-12-24)22(2)32(38)40-28/h9-10,19-20,25-30H,1-2,5-8,11-18H2,3-4H3/b23-9+,24-10+,35-19?,36-20?/t25-,26-,27-,28-,29-,30-,33+,34+/m0/s1. The van der Waals surface area contributed by atoms with Gasteiger partial charge in [0.25, 0.3) is 0 Å². The van der Waals surface area contributed by atoms with Crippen molar-refractivity contribution in [2.24, 2.45) is 21.8 Å². The zero-order valence-corrected chi connectivity index (χ0v) is 25.0. The average molecular weight is 577 g/mol. The van der Waals surface area contributed by atoms with Gasteiger partial charge in [0.1, 0.15) is 24.4 Å². The minimum atomic E-state index is -0.277. The third-order valence-electron chi connectivity index (χ3n) is 10.1. The van der Waals surface area contributed by atoms with Crippen molar-refractivity contribution in [1.29, 1.82) is 0 Å². The smallest absolute Gasteiger partial charge is 0.334 e. The number of aliphatic imine (C=N–C) groups is 2. The molecule has 0 aromatic rings. The Kier molecular flexibility index (Phi) is 8.13. The van der Waals surface area contributed by atoms with Crippen LogP contribution in [-0.2, 0) is 28.5 Å². The molecule has 0 N–H and O–H groups in total. The summed E-state index contributed by atoms with van der Waals surface area (Å²) in [6.45, 7) is 13.8. The van der Waals surface area contributed by atoms with Crippen molar-refractivity contribution in [2.75, 3.05) is 13.1 Å². The summed E-state index contributed by atoms with van der Waals surface area (Å²) in [6, 6.07) is 0. The first-order valence-corrected chi connectivity index (χ1v) is 15.7. The van der Waals surface area contributed by atoms with Crippen LogP contribution in [0.2, 0.25) is 0 Å². The van der Waals surface area contributed by atoms with E-state index in [1.54, 1.807) is 0 Å². The number of allylic oxidation sites excluding steroid dienone is 4. The number of rotatable bonds is 7. The van der Waals surface area contributed by atoms with Gasteiger partial charge in [0.05, 0.1) is 11.2 Å². The van der Waals surface area contributed by atoms with E-state index in [1.807, 2.05) is 12.4 Å². The van der Waals surface area contributed by atoms with Gasteiger partial charge in [0.2, 0.25) is 0 Å². The normalized spacial score (nSPS) is 42.4. The Hall–Kier alpha value is -2.84. The first kappa shape index (κ1) is 29.2. The molecule has 4 aliphatic heterocycles. The number of carbonyl (C=O) groups excluding carboxylic acids is 2. The molecule has 4 saturated heterocycles. The Bertz CT molecular complexity index is 1170. The predicted molar refractivity (Wildman–Crippen MR) is 161 cm³/mol. The van der Waals surface area contributed by atoms with Crippen molar-refractivity contribution in [2.45, 2.75) is 114 Å². The molecule has 2 aliphatic carbocycles. The molecule has 0 radical (unpaired) electrons. The van der Waals surface area contributed by atoms with Gasteiger partial charge in [-0.3, -0.25) is 9.98 Å². The van der Waals surface area contributed by atoms with Gasteiger partial charge in [-0.25, -0.2) is 9.59 Å². The topological polar surface area (TPSA) is 102 Å². The number of fused-ring (bicyclic) bond motifs is 6. The van der Waals surface area contributed by atoms with E-state index in [4.69, 9.17) is 28.9 Å². The Morgan fingerprint density at radius 1 is 0.786 bits per heavy atom. The molecule has 0 saturated carbocycles. The lowest BCUT2D eigenvalue weighted by Crippen LogP contribution is -2.28. The molecule has 226 valence electrons. The van der Waals surface area contributed by atoms with Crippen LogP contribution in [0.1, 0.15) is 78.1 Å². The average Bonchev–Trinajstić information content (AvgIpc) is 3.77. The lowest BCUT2D eigenvalue weighted by molar-refractivity contribution is -0.140. The summed E-state index contributed by atoms with van der Waals surface area (Å²) in [5.74, 6) is -0.536. The number of ether oxygens (including phenoxy) is 4. The number of unbranched alkanes of at least 4 members (excludes halogenated alkanes) is 1. The first-order chi connectivity index (χ1) is 20.2. The van der Waals surface area contributed by atoms with E-state index in [2.05, 4.69) is 39.2 Å². The molecule has 8 nitrogen and oxygen atoms in total. The van der Waals surface area contributed by atoms with Crippen LogP contribution in [0.4, 0.5) is 0 Å². The van der Waals surface area contributed by atoms with Crippen LogP contribution in [-0.4, -0.2) is 73.1 Å². The SMILES string of the molecule is C=C1C(=O)O[C@H]2[C@H]1CC/C(C=NCCCCN=C/C1=C/CC[C@@]3(C)O[C@H]3[C@H]3OC(=O)C(=C)[C@@H]3CC1)=C\CC[C@@]1(C)O[C@@H]21. The van der Waals surface area contributed by atoms with Gasteiger partial charge < -0.3 is 18.9 Å². The molecule has 6 rings (SSSR count). The fraction of sp³-hybridized carbons (Fsp3) is 0.647. The molecule has 8 heteroatoms. The van der Waals surface area contributed by atoms with Crippen molar-refractivity contribution in [3.8, 4) is 0 Å². The Morgan fingerprint density at radius 2 is 1.21 bits per heavy atom. The fourth-order valence-electron chi connectivity index (χ4n) is 7.17. The van der Waals surface area contributed by atoms with E-state index >= 15 is 0 Å². The molecule has 4 fully saturated rings. The number of nitrogens with zero attached hydrogens (tertiary/aromatic N) is 2. The third kappa shape index (κ3) is 5.98. The van der Waals surface area contributed by atoms with Gasteiger partial charge in [-0.1, -0.05) is 25.3 Å². The van der Waals surface area contributed by atoms with E-state index in [-0.39, 0.29) is 59.4 Å². The molecule has 4 heterocycles. The zero-order valence-electron chi connectivity index (χ0n) is 25.0. The molecule has 6 aliphatic rings. The second kappa shape index (κ2) is 11.7. The molecule has 0 aromatic heterocycles. The summed E-state index contributed by atoms with van der Waals surface area (Å²) in [5.41, 5.74) is 3.13. The highest BCUT2D eigenvalue weighted by molar-refractivity contribution is 5.91. The quantitative estimate of drug-likeness (QED) is 0.132. The van der Waals surface area contributed by atoms with Crippen LogP contribution in [0.5, 0.6) is 0 Å². The lowest BCUT2D eigenvalue weighted by Gasteiger charge is -2.19. The van der Waals surface area contributed by atoms with Crippen molar-refractivity contribution < 1.29 is 28.5 Å². The molecular formula is C34H44N2O6. The van der Waals surface area contributed by atoms with Gasteiger partial charge in [0, 0.05) is 48.5 Å². The number of epoxide rings is 2. The molecule has 0 spiro atoms. The highest BCUT2D eigenvalue weighted by Gasteiger charge is 2.62. The van der Waals surface area contributed by atoms with E-state index in [0.717, 1.165) is 77.3 Å². The monoisotopic (exact) mass is 576 g/mol. The van der Waals surface area contributed by atoms with E-state index in [9.17, 15) is 9.59 Å². The summed E-state index contributed by atoms with van der Waals surface area (Å²) in [7, 11) is 0. The summed E-state index contributed by atoms with van der Waals surface area (Å²) in [5, 5.41) is 0. The fourth-order valence-corrected chi connectivity index (χ4v) is 7.17. The maximum absolute atomic E-state index is 12.2. The summed E-state index contributed by atoms with van der Waals surface area (Å²) >= 11 is 0. The van der Waals surface area contributed by atoms with Gasteiger partial charge in [0.15, 0.2) is 0 Å². The summed E-state index contributed by atoms with van der Waals surface area (Å²) < 4.78 is 23.3. The molecule has 8 atom stereocenters. The Labute approximate surface area is 249 Å². The van der Waals surface area contributed by atoms with E-state index in [0.29, 0.717) is 11.1 Å². The number of hydrogen-bond acceptors (Lipinski definition) is 8. The van der Waals surface area contributed by atoms with Gasteiger partial charge in [-0.2, -0.15) is 0 Å². The number of hydrogen-bond donors (Lipinski definition) is 0. The van der Waals surface area contributed by atoms with Crippen molar-refractivity contribution in [3.63, 3.8) is 0 Å². The lowest BCUT2D eigenvalue weighted by atomic mass is 9.84. The maximum Gasteiger partial charge on any atom is 0.334 e. The van der Waals surface area contributed by atoms with E-state index < -0.39 is 0 Å². The van der Waals surface area contributed by atoms with Crippen molar-refractivity contribution >= 4 is 24.4 Å². The second-order valence-electron chi connectivity index (χ2n) is 13.2. The van der Waals surface area contributed by atoms with Crippen LogP contribution in [0, 0.1) is 11.8 Å². The molecule has 0 bridgehead atoms. The molecule has 0 amide bonds. The molecule has 42 heavy (non-hydrogen) atoms. The first-order valence-electron chi connectivity index (χ1n) is 15.7. The van der Waals surface area contributed by atoms with Crippen molar-refractivity contribution in [3.05, 3.63) is 47.6 Å².